The Morgan fingerprint density at radius 2 is 1.90 bits per heavy atom. The molecule has 0 fully saturated rings. The molecule has 0 saturated heterocycles. The Balaban J connectivity index is 1.44. The molecule has 0 saturated carbocycles. The third kappa shape index (κ3) is 6.64. The van der Waals surface area contributed by atoms with Crippen molar-refractivity contribution in [2.45, 2.75) is 33.4 Å². The molecular formula is C24H26N4O3. The molecule has 1 N–H and O–H groups in total. The first-order valence-corrected chi connectivity index (χ1v) is 10.1. The Kier molecular flexibility index (Phi) is 7.32. The van der Waals surface area contributed by atoms with Crippen molar-refractivity contribution in [2.24, 2.45) is 0 Å². The number of nitrogens with one attached hydrogen (secondary N) is 1. The van der Waals surface area contributed by atoms with Crippen molar-refractivity contribution in [2.75, 3.05) is 6.61 Å². The number of benzene rings is 2. The first-order valence-electron chi connectivity index (χ1n) is 10.1. The standard InChI is InChI=1S/C24H26N4O3/c1-17-9-10-21(13-18(17)2)19(3)25-23(29)16-31-24(30)12-11-22-15-28(27-26-22)14-20-7-5-4-6-8-20/h4-13,15,19H,14,16H2,1-3H3,(H,25,29)/b12-11+/t19-/m1/s1. The van der Waals surface area contributed by atoms with Gasteiger partial charge in [-0.1, -0.05) is 53.7 Å². The highest BCUT2D eigenvalue weighted by atomic mass is 16.5. The number of esters is 1. The lowest BCUT2D eigenvalue weighted by molar-refractivity contribution is -0.144. The summed E-state index contributed by atoms with van der Waals surface area (Å²) in [4.78, 5) is 24.0. The first kappa shape index (κ1) is 22.0. The van der Waals surface area contributed by atoms with Crippen LogP contribution in [0.15, 0.2) is 60.8 Å². The molecule has 3 aromatic rings. The minimum atomic E-state index is -0.619. The first-order chi connectivity index (χ1) is 14.9. The van der Waals surface area contributed by atoms with Crippen molar-refractivity contribution in [3.8, 4) is 0 Å². The van der Waals surface area contributed by atoms with Crippen molar-refractivity contribution < 1.29 is 14.3 Å². The number of hydrogen-bond donors (Lipinski definition) is 1. The summed E-state index contributed by atoms with van der Waals surface area (Å²) in [5, 5.41) is 10.9. The molecule has 7 heteroatoms. The molecule has 160 valence electrons. The van der Waals surface area contributed by atoms with Crippen LogP contribution in [0.25, 0.3) is 6.08 Å². The molecule has 1 amide bonds. The molecule has 0 radical (unpaired) electrons. The molecule has 1 atom stereocenters. The van der Waals surface area contributed by atoms with Crippen molar-refractivity contribution in [1.82, 2.24) is 20.3 Å². The summed E-state index contributed by atoms with van der Waals surface area (Å²) in [7, 11) is 0. The zero-order valence-electron chi connectivity index (χ0n) is 17.9. The minimum Gasteiger partial charge on any atom is -0.452 e. The van der Waals surface area contributed by atoms with Crippen LogP contribution in [0.2, 0.25) is 0 Å². The van der Waals surface area contributed by atoms with Crippen LogP contribution in [0.3, 0.4) is 0 Å². The SMILES string of the molecule is Cc1ccc([C@@H](C)NC(=O)COC(=O)/C=C/c2cn(Cc3ccccc3)nn2)cc1C. The molecule has 0 bridgehead atoms. The molecule has 0 aliphatic carbocycles. The number of aromatic nitrogens is 3. The van der Waals surface area contributed by atoms with Crippen molar-refractivity contribution in [3.05, 3.63) is 88.8 Å². The van der Waals surface area contributed by atoms with Crippen LogP contribution in [0, 0.1) is 13.8 Å². The van der Waals surface area contributed by atoms with Gasteiger partial charge in [0.25, 0.3) is 5.91 Å². The van der Waals surface area contributed by atoms with Gasteiger partial charge in [-0.15, -0.1) is 5.10 Å². The number of carbonyl (C=O) groups is 2. The largest absolute Gasteiger partial charge is 0.452 e. The number of rotatable bonds is 8. The predicted octanol–water partition coefficient (Wildman–Crippen LogP) is 3.38. The van der Waals surface area contributed by atoms with Crippen molar-refractivity contribution >= 4 is 18.0 Å². The van der Waals surface area contributed by atoms with Gasteiger partial charge in [0, 0.05) is 6.08 Å². The molecule has 1 aromatic heterocycles. The lowest BCUT2D eigenvalue weighted by Crippen LogP contribution is -2.31. The number of ether oxygens (including phenoxy) is 1. The molecular weight excluding hydrogens is 392 g/mol. The highest BCUT2D eigenvalue weighted by Crippen LogP contribution is 2.16. The van der Waals surface area contributed by atoms with Gasteiger partial charge < -0.3 is 10.1 Å². The van der Waals surface area contributed by atoms with Crippen LogP contribution in [0.4, 0.5) is 0 Å². The second kappa shape index (κ2) is 10.3. The average Bonchev–Trinajstić information content (AvgIpc) is 3.20. The predicted molar refractivity (Wildman–Crippen MR) is 118 cm³/mol. The molecule has 31 heavy (non-hydrogen) atoms. The molecule has 0 spiro atoms. The van der Waals surface area contributed by atoms with Gasteiger partial charge in [0.15, 0.2) is 6.61 Å². The zero-order chi connectivity index (χ0) is 22.2. The van der Waals surface area contributed by atoms with E-state index in [1.807, 2.05) is 69.3 Å². The van der Waals surface area contributed by atoms with E-state index in [-0.39, 0.29) is 18.6 Å². The third-order valence-electron chi connectivity index (χ3n) is 4.89. The minimum absolute atomic E-state index is 0.180. The number of aryl methyl sites for hydroxylation is 2. The molecule has 7 nitrogen and oxygen atoms in total. The van der Waals surface area contributed by atoms with E-state index in [4.69, 9.17) is 4.74 Å². The quantitative estimate of drug-likeness (QED) is 0.448. The molecule has 2 aromatic carbocycles. The second-order valence-corrected chi connectivity index (χ2v) is 7.40. The van der Waals surface area contributed by atoms with Gasteiger partial charge in [0.05, 0.1) is 18.8 Å². The Labute approximate surface area is 181 Å². The summed E-state index contributed by atoms with van der Waals surface area (Å²) in [5.74, 6) is -0.979. The summed E-state index contributed by atoms with van der Waals surface area (Å²) < 4.78 is 6.70. The number of hydrogen-bond acceptors (Lipinski definition) is 5. The van der Waals surface area contributed by atoms with Crippen LogP contribution in [-0.2, 0) is 20.9 Å². The molecule has 3 rings (SSSR count). The molecule has 0 aliphatic rings. The number of carbonyl (C=O) groups excluding carboxylic acids is 2. The Morgan fingerprint density at radius 3 is 2.65 bits per heavy atom. The van der Waals surface area contributed by atoms with E-state index >= 15 is 0 Å². The summed E-state index contributed by atoms with van der Waals surface area (Å²) in [6, 6.07) is 15.7. The number of amides is 1. The van der Waals surface area contributed by atoms with Gasteiger partial charge in [-0.25, -0.2) is 9.48 Å². The van der Waals surface area contributed by atoms with Crippen LogP contribution in [0.1, 0.15) is 40.9 Å². The monoisotopic (exact) mass is 418 g/mol. The molecule has 0 unspecified atom stereocenters. The lowest BCUT2D eigenvalue weighted by atomic mass is 10.0. The topological polar surface area (TPSA) is 86.1 Å². The fraction of sp³-hybridized carbons (Fsp3) is 0.250. The zero-order valence-corrected chi connectivity index (χ0v) is 17.9. The smallest absolute Gasteiger partial charge is 0.331 e. The van der Waals surface area contributed by atoms with Gasteiger partial charge in [-0.2, -0.15) is 0 Å². The highest BCUT2D eigenvalue weighted by Gasteiger charge is 2.12. The van der Waals surface area contributed by atoms with Crippen LogP contribution in [-0.4, -0.2) is 33.5 Å². The average molecular weight is 418 g/mol. The van der Waals surface area contributed by atoms with Gasteiger partial charge >= 0.3 is 5.97 Å². The van der Waals surface area contributed by atoms with E-state index in [9.17, 15) is 9.59 Å². The lowest BCUT2D eigenvalue weighted by Gasteiger charge is -2.15. The van der Waals surface area contributed by atoms with E-state index in [0.717, 1.165) is 16.7 Å². The normalized spacial score (nSPS) is 12.0. The van der Waals surface area contributed by atoms with Gasteiger partial charge in [0.2, 0.25) is 0 Å². The number of nitrogens with zero attached hydrogens (tertiary/aromatic N) is 3. The van der Waals surface area contributed by atoms with Crippen molar-refractivity contribution in [3.63, 3.8) is 0 Å². The molecule has 0 aliphatic heterocycles. The summed E-state index contributed by atoms with van der Waals surface area (Å²) >= 11 is 0. The third-order valence-corrected chi connectivity index (χ3v) is 4.89. The summed E-state index contributed by atoms with van der Waals surface area (Å²) in [5.41, 5.74) is 4.99. The van der Waals surface area contributed by atoms with E-state index in [2.05, 4.69) is 15.6 Å². The Morgan fingerprint density at radius 1 is 1.13 bits per heavy atom. The highest BCUT2D eigenvalue weighted by molar-refractivity contribution is 5.89. The summed E-state index contributed by atoms with van der Waals surface area (Å²) in [6.45, 7) is 6.20. The van der Waals surface area contributed by atoms with E-state index in [1.165, 1.54) is 17.7 Å². The Hall–Kier alpha value is -3.74. The van der Waals surface area contributed by atoms with Gasteiger partial charge in [0.1, 0.15) is 5.69 Å². The van der Waals surface area contributed by atoms with Crippen LogP contribution in [0.5, 0.6) is 0 Å². The maximum Gasteiger partial charge on any atom is 0.331 e. The summed E-state index contributed by atoms with van der Waals surface area (Å²) in [6.07, 6.45) is 4.47. The maximum absolute atomic E-state index is 12.1. The van der Waals surface area contributed by atoms with E-state index in [1.54, 1.807) is 10.9 Å². The van der Waals surface area contributed by atoms with E-state index < -0.39 is 5.97 Å². The second-order valence-electron chi connectivity index (χ2n) is 7.40. The fourth-order valence-corrected chi connectivity index (χ4v) is 2.98. The van der Waals surface area contributed by atoms with Crippen LogP contribution >= 0.6 is 0 Å². The Bertz CT molecular complexity index is 1070. The fourth-order valence-electron chi connectivity index (χ4n) is 2.98. The van der Waals surface area contributed by atoms with Crippen molar-refractivity contribution in [1.29, 1.82) is 0 Å². The van der Waals surface area contributed by atoms with Crippen LogP contribution < -0.4 is 5.32 Å². The van der Waals surface area contributed by atoms with E-state index in [0.29, 0.717) is 12.2 Å². The van der Waals surface area contributed by atoms with Gasteiger partial charge in [-0.05, 0) is 49.1 Å². The maximum atomic E-state index is 12.1. The molecule has 1 heterocycles. The van der Waals surface area contributed by atoms with Gasteiger partial charge in [-0.3, -0.25) is 4.79 Å².